The van der Waals surface area contributed by atoms with Gasteiger partial charge in [0.15, 0.2) is 0 Å². The largest absolute Gasteiger partial charge is 0.456 e. The van der Waals surface area contributed by atoms with Crippen LogP contribution in [0.5, 0.6) is 0 Å². The molecule has 55 heavy (non-hydrogen) atoms. The van der Waals surface area contributed by atoms with Crippen molar-refractivity contribution in [2.75, 3.05) is 4.90 Å². The van der Waals surface area contributed by atoms with Gasteiger partial charge in [-0.1, -0.05) is 140 Å². The smallest absolute Gasteiger partial charge is 0.136 e. The molecule has 0 unspecified atom stereocenters. The summed E-state index contributed by atoms with van der Waals surface area (Å²) in [4.78, 5) is 2.39. The van der Waals surface area contributed by atoms with E-state index in [2.05, 4.69) is 210 Å². The van der Waals surface area contributed by atoms with Gasteiger partial charge < -0.3 is 13.9 Å². The fourth-order valence-corrected chi connectivity index (χ4v) is 8.48. The van der Waals surface area contributed by atoms with Gasteiger partial charge in [0.25, 0.3) is 0 Å². The van der Waals surface area contributed by atoms with Crippen LogP contribution in [0.25, 0.3) is 82.5 Å². The number of fused-ring (bicyclic) bond motifs is 8. The van der Waals surface area contributed by atoms with Crippen LogP contribution in [0.4, 0.5) is 17.1 Å². The van der Waals surface area contributed by atoms with Crippen molar-refractivity contribution >= 4 is 71.6 Å². The highest BCUT2D eigenvalue weighted by atomic mass is 16.3. The van der Waals surface area contributed by atoms with Gasteiger partial charge >= 0.3 is 0 Å². The van der Waals surface area contributed by atoms with Crippen LogP contribution in [0.15, 0.2) is 211 Å². The molecular weight excluding hydrogens is 669 g/mol. The van der Waals surface area contributed by atoms with Crippen molar-refractivity contribution < 1.29 is 4.42 Å². The number of nitrogens with zero attached hydrogens (tertiary/aromatic N) is 2. The standard InChI is InChI=1S/C52H34N2O/c1-3-13-35(14-4-1)36-25-28-40(29-26-36)53(42-30-31-45-44-20-7-9-23-47(44)54(48(45)34-42)39-17-5-2-6-18-39)41-19-11-16-38(33-41)43-22-12-15-37-27-32-50-52(51(37)43)46-21-8-10-24-49(46)55-50/h1-34H. The van der Waals surface area contributed by atoms with Gasteiger partial charge in [-0.3, -0.25) is 0 Å². The highest BCUT2D eigenvalue weighted by molar-refractivity contribution is 6.23. The molecular formula is C52H34N2O. The number of hydrogen-bond acceptors (Lipinski definition) is 2. The van der Waals surface area contributed by atoms with Gasteiger partial charge in [0, 0.05) is 49.7 Å². The Morgan fingerprint density at radius 1 is 0.364 bits per heavy atom. The molecule has 0 N–H and O–H groups in total. The number of aromatic nitrogens is 1. The lowest BCUT2D eigenvalue weighted by Gasteiger charge is -2.27. The normalized spacial score (nSPS) is 11.6. The summed E-state index contributed by atoms with van der Waals surface area (Å²) in [6, 6.07) is 74.0. The van der Waals surface area contributed by atoms with E-state index in [0.29, 0.717) is 0 Å². The first-order chi connectivity index (χ1) is 27.3. The zero-order valence-corrected chi connectivity index (χ0v) is 29.9. The Morgan fingerprint density at radius 3 is 1.87 bits per heavy atom. The molecule has 11 aromatic rings. The Labute approximate surface area is 318 Å². The van der Waals surface area contributed by atoms with Gasteiger partial charge in [0.1, 0.15) is 11.2 Å². The summed E-state index contributed by atoms with van der Waals surface area (Å²) < 4.78 is 8.75. The maximum atomic E-state index is 6.36. The molecule has 9 aromatic carbocycles. The van der Waals surface area contributed by atoms with Gasteiger partial charge in [-0.2, -0.15) is 0 Å². The molecule has 0 fully saturated rings. The first-order valence-corrected chi connectivity index (χ1v) is 18.8. The second-order valence-corrected chi connectivity index (χ2v) is 14.1. The SMILES string of the molecule is c1ccc(-c2ccc(N(c3cccc(-c4cccc5ccc6oc7ccccc7c6c45)c3)c3ccc4c5ccccc5n(-c5ccccc5)c4c3)cc2)cc1. The topological polar surface area (TPSA) is 21.3 Å². The first-order valence-electron chi connectivity index (χ1n) is 18.8. The van der Waals surface area contributed by atoms with E-state index in [1.54, 1.807) is 0 Å². The lowest BCUT2D eigenvalue weighted by atomic mass is 9.94. The average Bonchev–Trinajstić information content (AvgIpc) is 3.80. The van der Waals surface area contributed by atoms with Crippen LogP contribution in [0, 0.1) is 0 Å². The number of benzene rings is 9. The molecule has 2 aromatic heterocycles. The molecule has 0 aliphatic rings. The molecule has 3 heteroatoms. The number of furan rings is 1. The average molecular weight is 703 g/mol. The molecule has 0 spiro atoms. The van der Waals surface area contributed by atoms with Crippen LogP contribution in [0.3, 0.4) is 0 Å². The lowest BCUT2D eigenvalue weighted by Crippen LogP contribution is -2.10. The monoisotopic (exact) mass is 702 g/mol. The fraction of sp³-hybridized carbons (Fsp3) is 0. The van der Waals surface area contributed by atoms with Gasteiger partial charge in [-0.15, -0.1) is 0 Å². The molecule has 0 saturated carbocycles. The van der Waals surface area contributed by atoms with Crippen molar-refractivity contribution in [3.63, 3.8) is 0 Å². The van der Waals surface area contributed by atoms with E-state index >= 15 is 0 Å². The van der Waals surface area contributed by atoms with E-state index in [4.69, 9.17) is 4.42 Å². The molecule has 2 heterocycles. The summed E-state index contributed by atoms with van der Waals surface area (Å²) >= 11 is 0. The maximum absolute atomic E-state index is 6.36. The van der Waals surface area contributed by atoms with Crippen molar-refractivity contribution in [1.29, 1.82) is 0 Å². The minimum absolute atomic E-state index is 0.902. The van der Waals surface area contributed by atoms with Crippen LogP contribution in [0.1, 0.15) is 0 Å². The number of anilines is 3. The molecule has 0 atom stereocenters. The second-order valence-electron chi connectivity index (χ2n) is 14.1. The third-order valence-corrected chi connectivity index (χ3v) is 11.0. The number of hydrogen-bond donors (Lipinski definition) is 0. The van der Waals surface area contributed by atoms with Gasteiger partial charge in [-0.05, 0) is 94.4 Å². The summed E-state index contributed by atoms with van der Waals surface area (Å²) in [6.45, 7) is 0. The van der Waals surface area contributed by atoms with Crippen LogP contribution < -0.4 is 4.90 Å². The first kappa shape index (κ1) is 31.2. The van der Waals surface area contributed by atoms with Crippen LogP contribution >= 0.6 is 0 Å². The maximum Gasteiger partial charge on any atom is 0.136 e. The van der Waals surface area contributed by atoms with E-state index in [0.717, 1.165) is 55.8 Å². The number of para-hydroxylation sites is 3. The number of rotatable bonds is 6. The molecule has 0 radical (unpaired) electrons. The van der Waals surface area contributed by atoms with Gasteiger partial charge in [0.05, 0.1) is 11.0 Å². The molecule has 0 bridgehead atoms. The van der Waals surface area contributed by atoms with E-state index in [9.17, 15) is 0 Å². The lowest BCUT2D eigenvalue weighted by molar-refractivity contribution is 0.669. The summed E-state index contributed by atoms with van der Waals surface area (Å²) in [5.74, 6) is 0. The molecule has 0 saturated heterocycles. The summed E-state index contributed by atoms with van der Waals surface area (Å²) in [7, 11) is 0. The molecule has 11 rings (SSSR count). The van der Waals surface area contributed by atoms with Crippen molar-refractivity contribution in [3.05, 3.63) is 206 Å². The summed E-state index contributed by atoms with van der Waals surface area (Å²) in [6.07, 6.45) is 0. The summed E-state index contributed by atoms with van der Waals surface area (Å²) in [5.41, 5.74) is 13.2. The summed E-state index contributed by atoms with van der Waals surface area (Å²) in [5, 5.41) is 7.14. The minimum Gasteiger partial charge on any atom is -0.456 e. The van der Waals surface area contributed by atoms with Gasteiger partial charge in [-0.25, -0.2) is 0 Å². The van der Waals surface area contributed by atoms with Crippen molar-refractivity contribution in [1.82, 2.24) is 4.57 Å². The Balaban J connectivity index is 1.13. The fourth-order valence-electron chi connectivity index (χ4n) is 8.48. The predicted octanol–water partition coefficient (Wildman–Crippen LogP) is 14.6. The predicted molar refractivity (Wildman–Crippen MR) is 231 cm³/mol. The zero-order chi connectivity index (χ0) is 36.3. The van der Waals surface area contributed by atoms with Crippen LogP contribution in [-0.4, -0.2) is 4.57 Å². The molecule has 0 aliphatic carbocycles. The van der Waals surface area contributed by atoms with E-state index in [1.165, 1.54) is 43.8 Å². The molecule has 0 aliphatic heterocycles. The Kier molecular flexibility index (Phi) is 7.17. The molecule has 3 nitrogen and oxygen atoms in total. The molecule has 0 amide bonds. The Bertz CT molecular complexity index is 3190. The zero-order valence-electron chi connectivity index (χ0n) is 29.9. The quantitative estimate of drug-likeness (QED) is 0.172. The van der Waals surface area contributed by atoms with E-state index in [1.807, 2.05) is 6.07 Å². The Morgan fingerprint density at radius 2 is 1.02 bits per heavy atom. The van der Waals surface area contributed by atoms with Crippen molar-refractivity contribution in [2.45, 2.75) is 0 Å². The third-order valence-electron chi connectivity index (χ3n) is 11.0. The highest BCUT2D eigenvalue weighted by Gasteiger charge is 2.19. The van der Waals surface area contributed by atoms with E-state index < -0.39 is 0 Å². The minimum atomic E-state index is 0.902. The van der Waals surface area contributed by atoms with Crippen molar-refractivity contribution in [3.8, 4) is 27.9 Å². The van der Waals surface area contributed by atoms with Gasteiger partial charge in [0.2, 0.25) is 0 Å². The van der Waals surface area contributed by atoms with Crippen molar-refractivity contribution in [2.24, 2.45) is 0 Å². The molecule has 258 valence electrons. The highest BCUT2D eigenvalue weighted by Crippen LogP contribution is 2.43. The van der Waals surface area contributed by atoms with Crippen LogP contribution in [-0.2, 0) is 0 Å². The van der Waals surface area contributed by atoms with E-state index in [-0.39, 0.29) is 0 Å². The third kappa shape index (κ3) is 5.13. The van der Waals surface area contributed by atoms with Crippen LogP contribution in [0.2, 0.25) is 0 Å². The second kappa shape index (κ2) is 12.6. The Hall–Kier alpha value is -7.36.